The van der Waals surface area contributed by atoms with Crippen LogP contribution in [0.5, 0.6) is 11.5 Å². The van der Waals surface area contributed by atoms with Gasteiger partial charge in [-0.05, 0) is 29.6 Å². The molecular formula is C19H29NO4S. The first kappa shape index (κ1) is 19.9. The van der Waals surface area contributed by atoms with E-state index in [9.17, 15) is 4.79 Å². The molecule has 0 aromatic heterocycles. The number of nitrogens with zero attached hydrogens (tertiary/aromatic N) is 1. The Morgan fingerprint density at radius 2 is 1.92 bits per heavy atom. The van der Waals surface area contributed by atoms with Gasteiger partial charge in [-0.1, -0.05) is 19.9 Å². The molecule has 0 spiro atoms. The van der Waals surface area contributed by atoms with Gasteiger partial charge in [0.05, 0.1) is 21.3 Å². The molecular weight excluding hydrogens is 338 g/mol. The fourth-order valence-electron chi connectivity index (χ4n) is 4.14. The molecule has 1 aromatic rings. The second-order valence-corrected chi connectivity index (χ2v) is 7.03. The topological polar surface area (TPSA) is 48.0 Å². The molecule has 2 fully saturated rings. The van der Waals surface area contributed by atoms with E-state index < -0.39 is 0 Å². The van der Waals surface area contributed by atoms with Crippen molar-refractivity contribution in [3.8, 4) is 11.5 Å². The fourth-order valence-corrected chi connectivity index (χ4v) is 4.14. The van der Waals surface area contributed by atoms with Gasteiger partial charge in [-0.15, -0.1) is 0 Å². The fraction of sp³-hybridized carbons (Fsp3) is 0.632. The summed E-state index contributed by atoms with van der Waals surface area (Å²) in [6, 6.07) is 5.64. The normalized spacial score (nSPS) is 26.1. The number of carbonyl (C=O) groups excluding carboxylic acids is 1. The lowest BCUT2D eigenvalue weighted by Crippen LogP contribution is -2.42. The summed E-state index contributed by atoms with van der Waals surface area (Å²) in [4.78, 5) is 14.5. The van der Waals surface area contributed by atoms with E-state index in [0.29, 0.717) is 18.4 Å². The maximum atomic E-state index is 12.3. The van der Waals surface area contributed by atoms with Crippen LogP contribution in [0.4, 0.5) is 0 Å². The van der Waals surface area contributed by atoms with Crippen molar-refractivity contribution in [3.05, 3.63) is 23.8 Å². The van der Waals surface area contributed by atoms with Crippen molar-refractivity contribution in [2.75, 3.05) is 34.1 Å². The minimum atomic E-state index is -0.160. The van der Waals surface area contributed by atoms with Gasteiger partial charge in [0.2, 0.25) is 0 Å². The Bertz CT molecular complexity index is 619. The van der Waals surface area contributed by atoms with E-state index in [2.05, 4.69) is 31.4 Å². The molecule has 1 saturated heterocycles. The molecule has 1 saturated carbocycles. The van der Waals surface area contributed by atoms with Gasteiger partial charge in [-0.25, -0.2) is 0 Å². The number of carbonyl (C=O) groups is 1. The van der Waals surface area contributed by atoms with Crippen LogP contribution in [-0.4, -0.2) is 51.0 Å². The average Bonchev–Trinajstić information content (AvgIpc) is 2.98. The van der Waals surface area contributed by atoms with E-state index in [4.69, 9.17) is 14.2 Å². The SMILES string of the molecule is COC(=O)C1C2C(CN1Cc1ccc(OC)cc1OC)C2(C)C.CS. The summed E-state index contributed by atoms with van der Waals surface area (Å²) in [5.74, 6) is 2.37. The van der Waals surface area contributed by atoms with Crippen LogP contribution < -0.4 is 9.47 Å². The third-order valence-corrected chi connectivity index (χ3v) is 5.61. The van der Waals surface area contributed by atoms with Crippen LogP contribution in [-0.2, 0) is 16.1 Å². The van der Waals surface area contributed by atoms with E-state index in [0.717, 1.165) is 23.6 Å². The highest BCUT2D eigenvalue weighted by Crippen LogP contribution is 2.65. The van der Waals surface area contributed by atoms with Gasteiger partial charge in [0.25, 0.3) is 0 Å². The van der Waals surface area contributed by atoms with Gasteiger partial charge in [0.1, 0.15) is 17.5 Å². The summed E-state index contributed by atoms with van der Waals surface area (Å²) in [7, 11) is 4.76. The number of rotatable bonds is 5. The van der Waals surface area contributed by atoms with Crippen molar-refractivity contribution in [2.24, 2.45) is 17.3 Å². The van der Waals surface area contributed by atoms with Crippen molar-refractivity contribution in [2.45, 2.75) is 26.4 Å². The van der Waals surface area contributed by atoms with Crippen molar-refractivity contribution in [1.82, 2.24) is 4.90 Å². The van der Waals surface area contributed by atoms with Crippen molar-refractivity contribution in [1.29, 1.82) is 0 Å². The number of piperidine rings is 1. The number of benzene rings is 1. The molecule has 1 aliphatic carbocycles. The minimum Gasteiger partial charge on any atom is -0.497 e. The number of likely N-dealkylation sites (tertiary alicyclic amines) is 1. The highest BCUT2D eigenvalue weighted by Gasteiger charge is 2.68. The van der Waals surface area contributed by atoms with Crippen LogP contribution in [0.1, 0.15) is 19.4 Å². The predicted molar refractivity (Wildman–Crippen MR) is 101 cm³/mol. The number of methoxy groups -OCH3 is 3. The predicted octanol–water partition coefficient (Wildman–Crippen LogP) is 2.88. The molecule has 1 heterocycles. The van der Waals surface area contributed by atoms with Gasteiger partial charge in [-0.3, -0.25) is 9.69 Å². The molecule has 0 N–H and O–H groups in total. The van der Waals surface area contributed by atoms with E-state index in [-0.39, 0.29) is 17.4 Å². The maximum Gasteiger partial charge on any atom is 0.323 e. The van der Waals surface area contributed by atoms with Crippen LogP contribution in [0, 0.1) is 17.3 Å². The summed E-state index contributed by atoms with van der Waals surface area (Å²) in [5, 5.41) is 0. The second kappa shape index (κ2) is 7.87. The van der Waals surface area contributed by atoms with Gasteiger partial charge < -0.3 is 14.2 Å². The molecule has 140 valence electrons. The first-order valence-corrected chi connectivity index (χ1v) is 9.31. The number of hydrogen-bond acceptors (Lipinski definition) is 6. The highest BCUT2D eigenvalue weighted by molar-refractivity contribution is 7.79. The molecule has 3 unspecified atom stereocenters. The lowest BCUT2D eigenvalue weighted by molar-refractivity contribution is -0.147. The number of ether oxygens (including phenoxy) is 3. The Morgan fingerprint density at radius 1 is 1.24 bits per heavy atom. The van der Waals surface area contributed by atoms with Gasteiger partial charge in [0.15, 0.2) is 0 Å². The second-order valence-electron chi connectivity index (χ2n) is 7.03. The smallest absolute Gasteiger partial charge is 0.323 e. The molecule has 2 aliphatic rings. The number of fused-ring (bicyclic) bond motifs is 1. The Morgan fingerprint density at radius 3 is 2.48 bits per heavy atom. The lowest BCUT2D eigenvalue weighted by Gasteiger charge is -2.29. The molecule has 5 nitrogen and oxygen atoms in total. The monoisotopic (exact) mass is 367 g/mol. The lowest BCUT2D eigenvalue weighted by atomic mass is 10.0. The van der Waals surface area contributed by atoms with Gasteiger partial charge >= 0.3 is 5.97 Å². The zero-order valence-corrected chi connectivity index (χ0v) is 16.8. The zero-order chi connectivity index (χ0) is 18.8. The van der Waals surface area contributed by atoms with E-state index >= 15 is 0 Å². The zero-order valence-electron chi connectivity index (χ0n) is 15.9. The van der Waals surface area contributed by atoms with Crippen LogP contribution >= 0.6 is 12.6 Å². The van der Waals surface area contributed by atoms with Crippen LogP contribution in [0.25, 0.3) is 0 Å². The number of hydrogen-bond donors (Lipinski definition) is 1. The quantitative estimate of drug-likeness (QED) is 0.641. The summed E-state index contributed by atoms with van der Waals surface area (Å²) in [5.41, 5.74) is 1.29. The van der Waals surface area contributed by atoms with Crippen molar-refractivity contribution >= 4 is 18.6 Å². The molecule has 3 rings (SSSR count). The third kappa shape index (κ3) is 3.60. The Kier molecular flexibility index (Phi) is 6.27. The largest absolute Gasteiger partial charge is 0.497 e. The summed E-state index contributed by atoms with van der Waals surface area (Å²) in [6.07, 6.45) is 1.69. The van der Waals surface area contributed by atoms with Crippen molar-refractivity contribution < 1.29 is 19.0 Å². The van der Waals surface area contributed by atoms with Crippen LogP contribution in [0.2, 0.25) is 0 Å². The third-order valence-electron chi connectivity index (χ3n) is 5.61. The summed E-state index contributed by atoms with van der Waals surface area (Å²) in [6.45, 7) is 6.08. The van der Waals surface area contributed by atoms with E-state index in [1.54, 1.807) is 20.5 Å². The van der Waals surface area contributed by atoms with Crippen LogP contribution in [0.3, 0.4) is 0 Å². The average molecular weight is 368 g/mol. The first-order valence-electron chi connectivity index (χ1n) is 8.41. The van der Waals surface area contributed by atoms with E-state index in [1.165, 1.54) is 7.11 Å². The molecule has 0 bridgehead atoms. The first-order chi connectivity index (χ1) is 11.9. The maximum absolute atomic E-state index is 12.3. The molecule has 6 heteroatoms. The molecule has 0 amide bonds. The Hall–Kier alpha value is -1.40. The minimum absolute atomic E-state index is 0.129. The molecule has 1 aliphatic heterocycles. The molecule has 1 aromatic carbocycles. The Labute approximate surface area is 156 Å². The standard InChI is InChI=1S/C18H25NO4.CH4S/c1-18(2)13-10-19(16(15(13)18)17(20)23-5)9-11-6-7-12(21-3)8-14(11)22-4;1-2/h6-8,13,15-16H,9-10H2,1-5H3;2H,1H3. The van der Waals surface area contributed by atoms with Crippen molar-refractivity contribution in [3.63, 3.8) is 0 Å². The highest BCUT2D eigenvalue weighted by atomic mass is 32.1. The molecule has 3 atom stereocenters. The summed E-state index contributed by atoms with van der Waals surface area (Å²) >= 11 is 3.53. The number of thiol groups is 1. The van der Waals surface area contributed by atoms with Gasteiger partial charge in [0, 0.05) is 24.7 Å². The molecule has 25 heavy (non-hydrogen) atoms. The van der Waals surface area contributed by atoms with Gasteiger partial charge in [-0.2, -0.15) is 12.6 Å². The van der Waals surface area contributed by atoms with E-state index in [1.807, 2.05) is 18.2 Å². The molecule has 0 radical (unpaired) electrons. The van der Waals surface area contributed by atoms with Crippen LogP contribution in [0.15, 0.2) is 18.2 Å². The summed E-state index contributed by atoms with van der Waals surface area (Å²) < 4.78 is 15.8. The number of esters is 1. The Balaban J connectivity index is 0.00000109.